The molecule has 0 amide bonds. The maximum atomic E-state index is 11.1. The van der Waals surface area contributed by atoms with Gasteiger partial charge in [0.1, 0.15) is 0 Å². The molecule has 110 valence electrons. The second-order valence-electron chi connectivity index (χ2n) is 4.87. The molecule has 0 spiro atoms. The van der Waals surface area contributed by atoms with Crippen molar-refractivity contribution in [2.45, 2.75) is 38.0 Å². The summed E-state index contributed by atoms with van der Waals surface area (Å²) in [5, 5.41) is 11.0. The van der Waals surface area contributed by atoms with E-state index >= 15 is 0 Å². The van der Waals surface area contributed by atoms with Crippen LogP contribution in [-0.4, -0.2) is 14.7 Å². The standard InChI is InChI=1S/C12H16NO6P/c14-13(15)11-8-4-7-10(9-5-2-1-3-6-9)12(11)19-20(16,17)18/h4,7-9H,1-3,5-6H2,(H2,16,17,18). The van der Waals surface area contributed by atoms with Crippen LogP contribution in [0.4, 0.5) is 5.69 Å². The molecule has 0 bridgehead atoms. The van der Waals surface area contributed by atoms with Crippen LogP contribution >= 0.6 is 7.82 Å². The number of hydrogen-bond acceptors (Lipinski definition) is 4. The van der Waals surface area contributed by atoms with Crippen LogP contribution in [-0.2, 0) is 4.57 Å². The van der Waals surface area contributed by atoms with Crippen LogP contribution in [0.5, 0.6) is 5.75 Å². The summed E-state index contributed by atoms with van der Waals surface area (Å²) in [4.78, 5) is 28.3. The van der Waals surface area contributed by atoms with E-state index < -0.39 is 18.4 Å². The molecule has 1 aliphatic carbocycles. The van der Waals surface area contributed by atoms with E-state index in [-0.39, 0.29) is 11.7 Å². The molecule has 0 saturated heterocycles. The zero-order valence-corrected chi connectivity index (χ0v) is 11.7. The van der Waals surface area contributed by atoms with Gasteiger partial charge in [-0.15, -0.1) is 0 Å². The lowest BCUT2D eigenvalue weighted by atomic mass is 9.83. The summed E-state index contributed by atoms with van der Waals surface area (Å²) in [7, 11) is -4.84. The highest BCUT2D eigenvalue weighted by Gasteiger charge is 2.30. The van der Waals surface area contributed by atoms with Crippen LogP contribution in [0.1, 0.15) is 43.6 Å². The lowest BCUT2D eigenvalue weighted by Gasteiger charge is -2.23. The SMILES string of the molecule is O=[N+]([O-])c1cccc(C2CCCCC2)c1OP(=O)(O)O. The van der Waals surface area contributed by atoms with E-state index in [0.717, 1.165) is 32.1 Å². The predicted molar refractivity (Wildman–Crippen MR) is 71.6 cm³/mol. The van der Waals surface area contributed by atoms with Gasteiger partial charge in [-0.2, -0.15) is 0 Å². The van der Waals surface area contributed by atoms with Gasteiger partial charge in [0.2, 0.25) is 5.75 Å². The van der Waals surface area contributed by atoms with Crippen molar-refractivity contribution in [2.75, 3.05) is 0 Å². The first-order valence-corrected chi connectivity index (χ1v) is 7.94. The van der Waals surface area contributed by atoms with Gasteiger partial charge in [-0.3, -0.25) is 19.9 Å². The van der Waals surface area contributed by atoms with Crippen LogP contribution in [0.2, 0.25) is 0 Å². The van der Waals surface area contributed by atoms with Gasteiger partial charge < -0.3 is 4.52 Å². The van der Waals surface area contributed by atoms with Crippen LogP contribution in [0, 0.1) is 10.1 Å². The highest BCUT2D eigenvalue weighted by Crippen LogP contribution is 2.47. The van der Waals surface area contributed by atoms with E-state index in [2.05, 4.69) is 4.52 Å². The third-order valence-corrected chi connectivity index (χ3v) is 3.90. The number of hydrogen-bond donors (Lipinski definition) is 2. The first kappa shape index (κ1) is 15.0. The Morgan fingerprint density at radius 2 is 1.90 bits per heavy atom. The van der Waals surface area contributed by atoms with E-state index in [0.29, 0.717) is 5.56 Å². The normalized spacial score (nSPS) is 16.9. The second kappa shape index (κ2) is 5.91. The van der Waals surface area contributed by atoms with Crippen molar-refractivity contribution < 1.29 is 23.8 Å². The Balaban J connectivity index is 2.46. The van der Waals surface area contributed by atoms with Crippen molar-refractivity contribution in [1.82, 2.24) is 0 Å². The third kappa shape index (κ3) is 3.56. The van der Waals surface area contributed by atoms with E-state index in [4.69, 9.17) is 9.79 Å². The summed E-state index contributed by atoms with van der Waals surface area (Å²) in [6.07, 6.45) is 4.81. The highest BCUT2D eigenvalue weighted by molar-refractivity contribution is 7.46. The van der Waals surface area contributed by atoms with E-state index in [1.54, 1.807) is 6.07 Å². The van der Waals surface area contributed by atoms with E-state index in [1.165, 1.54) is 12.1 Å². The Labute approximate surface area is 116 Å². The predicted octanol–water partition coefficient (Wildman–Crippen LogP) is 3.11. The summed E-state index contributed by atoms with van der Waals surface area (Å²) in [5.74, 6) is -0.247. The molecular weight excluding hydrogens is 285 g/mol. The third-order valence-electron chi connectivity index (χ3n) is 3.48. The number of benzene rings is 1. The van der Waals surface area contributed by atoms with Crippen molar-refractivity contribution in [3.63, 3.8) is 0 Å². The fourth-order valence-electron chi connectivity index (χ4n) is 2.64. The molecule has 7 nitrogen and oxygen atoms in total. The zero-order chi connectivity index (χ0) is 14.8. The Morgan fingerprint density at radius 3 is 2.45 bits per heavy atom. The first-order valence-electron chi connectivity index (χ1n) is 6.41. The molecule has 0 radical (unpaired) electrons. The topological polar surface area (TPSA) is 110 Å². The Kier molecular flexibility index (Phi) is 4.42. The minimum absolute atomic E-state index is 0.0465. The molecule has 0 aromatic heterocycles. The molecule has 20 heavy (non-hydrogen) atoms. The van der Waals surface area contributed by atoms with Gasteiger partial charge in [0.25, 0.3) is 0 Å². The van der Waals surface area contributed by atoms with Crippen LogP contribution in [0.25, 0.3) is 0 Å². The molecule has 1 fully saturated rings. The van der Waals surface area contributed by atoms with Gasteiger partial charge in [0, 0.05) is 11.6 Å². The van der Waals surface area contributed by atoms with Crippen LogP contribution in [0.15, 0.2) is 18.2 Å². The van der Waals surface area contributed by atoms with Gasteiger partial charge in [-0.1, -0.05) is 31.4 Å². The Hall–Kier alpha value is -1.43. The van der Waals surface area contributed by atoms with Crippen molar-refractivity contribution in [3.8, 4) is 5.75 Å². The average Bonchev–Trinajstić information content (AvgIpc) is 2.38. The largest absolute Gasteiger partial charge is 0.525 e. The number of nitro benzene ring substituents is 1. The lowest BCUT2D eigenvalue weighted by molar-refractivity contribution is -0.385. The molecule has 1 aromatic rings. The maximum absolute atomic E-state index is 11.1. The molecule has 1 saturated carbocycles. The quantitative estimate of drug-likeness (QED) is 0.502. The van der Waals surface area contributed by atoms with Crippen molar-refractivity contribution in [3.05, 3.63) is 33.9 Å². The molecule has 0 atom stereocenters. The summed E-state index contributed by atoms with van der Waals surface area (Å²) in [5.41, 5.74) is 0.110. The monoisotopic (exact) mass is 301 g/mol. The van der Waals surface area contributed by atoms with E-state index in [1.807, 2.05) is 0 Å². The minimum Gasteiger partial charge on any atom is -0.397 e. The summed E-state index contributed by atoms with van der Waals surface area (Å²) >= 11 is 0. The summed E-state index contributed by atoms with van der Waals surface area (Å²) in [6, 6.07) is 4.36. The van der Waals surface area contributed by atoms with Gasteiger partial charge in [-0.05, 0) is 18.8 Å². The minimum atomic E-state index is -4.84. The van der Waals surface area contributed by atoms with Gasteiger partial charge in [0.15, 0.2) is 0 Å². The number of phosphoric ester groups is 1. The molecule has 0 unspecified atom stereocenters. The van der Waals surface area contributed by atoms with Crippen molar-refractivity contribution in [1.29, 1.82) is 0 Å². The molecular formula is C12H16NO6P. The van der Waals surface area contributed by atoms with E-state index in [9.17, 15) is 14.7 Å². The van der Waals surface area contributed by atoms with Crippen molar-refractivity contribution >= 4 is 13.5 Å². The Bertz CT molecular complexity index is 549. The molecule has 1 aliphatic rings. The molecule has 1 aromatic carbocycles. The maximum Gasteiger partial charge on any atom is 0.525 e. The van der Waals surface area contributed by atoms with Crippen LogP contribution < -0.4 is 4.52 Å². The molecule has 2 N–H and O–H groups in total. The molecule has 8 heteroatoms. The highest BCUT2D eigenvalue weighted by atomic mass is 31.2. The van der Waals surface area contributed by atoms with Crippen molar-refractivity contribution in [2.24, 2.45) is 0 Å². The number of rotatable bonds is 4. The molecule has 2 rings (SSSR count). The van der Waals surface area contributed by atoms with Gasteiger partial charge in [-0.25, -0.2) is 4.57 Å². The number of nitro groups is 1. The second-order valence-corrected chi connectivity index (χ2v) is 6.03. The molecule has 0 aliphatic heterocycles. The Morgan fingerprint density at radius 1 is 1.25 bits per heavy atom. The average molecular weight is 301 g/mol. The lowest BCUT2D eigenvalue weighted by Crippen LogP contribution is -2.08. The fourth-order valence-corrected chi connectivity index (χ4v) is 3.08. The first-order chi connectivity index (χ1) is 9.38. The number of phosphoric acid groups is 1. The summed E-state index contributed by atoms with van der Waals surface area (Å²) < 4.78 is 15.7. The zero-order valence-electron chi connectivity index (χ0n) is 10.8. The number of para-hydroxylation sites is 1. The molecule has 0 heterocycles. The summed E-state index contributed by atoms with van der Waals surface area (Å²) in [6.45, 7) is 0. The number of nitrogens with zero attached hydrogens (tertiary/aromatic N) is 1. The van der Waals surface area contributed by atoms with Crippen LogP contribution in [0.3, 0.4) is 0 Å². The smallest absolute Gasteiger partial charge is 0.397 e. The van der Waals surface area contributed by atoms with Gasteiger partial charge >= 0.3 is 13.5 Å². The fraction of sp³-hybridized carbons (Fsp3) is 0.500. The van der Waals surface area contributed by atoms with Gasteiger partial charge in [0.05, 0.1) is 4.92 Å².